The second-order valence-electron chi connectivity index (χ2n) is 8.84. The fourth-order valence-corrected chi connectivity index (χ4v) is 4.42. The van der Waals surface area contributed by atoms with Crippen molar-refractivity contribution in [2.75, 3.05) is 5.32 Å². The summed E-state index contributed by atoms with van der Waals surface area (Å²) in [5, 5.41) is 21.7. The van der Waals surface area contributed by atoms with Crippen LogP contribution in [-0.2, 0) is 24.2 Å². The Kier molecular flexibility index (Phi) is 7.68. The third-order valence-electron chi connectivity index (χ3n) is 6.35. The molecular formula is C27H31N3O3. The minimum absolute atomic E-state index is 0.00456. The highest BCUT2D eigenvalue weighted by Crippen LogP contribution is 2.29. The first kappa shape index (κ1) is 22.9. The Hall–Kier alpha value is -3.25. The molecule has 1 aliphatic carbocycles. The van der Waals surface area contributed by atoms with E-state index in [0.29, 0.717) is 11.7 Å². The van der Waals surface area contributed by atoms with Crippen LogP contribution in [0.3, 0.4) is 0 Å². The zero-order chi connectivity index (χ0) is 23.0. The number of carbonyl (C=O) groups excluding carboxylic acids is 1. The van der Waals surface area contributed by atoms with Gasteiger partial charge in [0.1, 0.15) is 5.75 Å². The molecule has 33 heavy (non-hydrogen) atoms. The van der Waals surface area contributed by atoms with Crippen LogP contribution >= 0.6 is 0 Å². The highest BCUT2D eigenvalue weighted by atomic mass is 16.3. The fourth-order valence-electron chi connectivity index (χ4n) is 4.42. The van der Waals surface area contributed by atoms with Crippen molar-refractivity contribution >= 4 is 11.7 Å². The number of hydrogen-bond acceptors (Lipinski definition) is 5. The van der Waals surface area contributed by atoms with E-state index in [0.717, 1.165) is 40.9 Å². The van der Waals surface area contributed by atoms with Crippen LogP contribution in [0.2, 0.25) is 0 Å². The molecule has 1 fully saturated rings. The van der Waals surface area contributed by atoms with Gasteiger partial charge in [0.15, 0.2) is 5.82 Å². The van der Waals surface area contributed by atoms with E-state index in [1.165, 1.54) is 32.1 Å². The smallest absolute Gasteiger partial charge is 0.229 e. The summed E-state index contributed by atoms with van der Waals surface area (Å²) in [7, 11) is 0. The SMILES string of the molecule is O=C(Cc1ccc(O)cc1)Nc1ncc(-c2ccc(CO)cc2)nc1CCC1CCCCC1. The number of rotatable bonds is 8. The van der Waals surface area contributed by atoms with Crippen molar-refractivity contribution in [2.24, 2.45) is 5.92 Å². The number of anilines is 1. The van der Waals surface area contributed by atoms with Crippen molar-refractivity contribution in [1.82, 2.24) is 9.97 Å². The molecule has 0 bridgehead atoms. The zero-order valence-electron chi connectivity index (χ0n) is 18.8. The average Bonchev–Trinajstić information content (AvgIpc) is 2.85. The number of aromatic nitrogens is 2. The van der Waals surface area contributed by atoms with Gasteiger partial charge in [-0.05, 0) is 42.0 Å². The van der Waals surface area contributed by atoms with E-state index in [1.54, 1.807) is 30.5 Å². The molecule has 2 aromatic carbocycles. The van der Waals surface area contributed by atoms with Crippen LogP contribution in [0.5, 0.6) is 5.75 Å². The minimum Gasteiger partial charge on any atom is -0.508 e. The molecule has 0 radical (unpaired) electrons. The van der Waals surface area contributed by atoms with Crippen LogP contribution in [-0.4, -0.2) is 26.1 Å². The maximum Gasteiger partial charge on any atom is 0.229 e. The second kappa shape index (κ2) is 11.1. The zero-order valence-corrected chi connectivity index (χ0v) is 18.8. The molecular weight excluding hydrogens is 414 g/mol. The van der Waals surface area contributed by atoms with Gasteiger partial charge in [-0.15, -0.1) is 0 Å². The summed E-state index contributed by atoms with van der Waals surface area (Å²) in [6.45, 7) is 0.00456. The monoisotopic (exact) mass is 445 g/mol. The molecule has 0 saturated heterocycles. The first-order chi connectivity index (χ1) is 16.1. The number of amides is 1. The number of aromatic hydroxyl groups is 1. The average molecular weight is 446 g/mol. The van der Waals surface area contributed by atoms with Crippen molar-refractivity contribution in [1.29, 1.82) is 0 Å². The van der Waals surface area contributed by atoms with Gasteiger partial charge in [-0.25, -0.2) is 9.97 Å². The van der Waals surface area contributed by atoms with E-state index < -0.39 is 0 Å². The van der Waals surface area contributed by atoms with Crippen LogP contribution < -0.4 is 5.32 Å². The number of carbonyl (C=O) groups is 1. The predicted octanol–water partition coefficient (Wildman–Crippen LogP) is 5.04. The van der Waals surface area contributed by atoms with Crippen LogP contribution in [0.25, 0.3) is 11.3 Å². The summed E-state index contributed by atoms with van der Waals surface area (Å²) in [4.78, 5) is 22.1. The minimum atomic E-state index is -0.158. The Morgan fingerprint density at radius 2 is 1.67 bits per heavy atom. The quantitative estimate of drug-likeness (QED) is 0.452. The molecule has 6 heteroatoms. The van der Waals surface area contributed by atoms with Gasteiger partial charge in [0.05, 0.1) is 30.6 Å². The third kappa shape index (κ3) is 6.39. The lowest BCUT2D eigenvalue weighted by molar-refractivity contribution is -0.115. The molecule has 3 aromatic rings. The largest absolute Gasteiger partial charge is 0.508 e. The molecule has 0 atom stereocenters. The number of aliphatic hydroxyl groups is 1. The van der Waals surface area contributed by atoms with Gasteiger partial charge >= 0.3 is 0 Å². The molecule has 1 amide bonds. The summed E-state index contributed by atoms with van der Waals surface area (Å²) >= 11 is 0. The molecule has 1 aromatic heterocycles. The molecule has 0 aliphatic heterocycles. The summed E-state index contributed by atoms with van der Waals surface area (Å²) in [6.07, 6.45) is 10.2. The van der Waals surface area contributed by atoms with Crippen LogP contribution in [0.15, 0.2) is 54.7 Å². The lowest BCUT2D eigenvalue weighted by Crippen LogP contribution is -2.18. The Bertz CT molecular complexity index is 1060. The molecule has 1 saturated carbocycles. The van der Waals surface area contributed by atoms with Gasteiger partial charge in [0.25, 0.3) is 0 Å². The number of nitrogens with one attached hydrogen (secondary N) is 1. The molecule has 6 nitrogen and oxygen atoms in total. The Labute approximate surface area is 194 Å². The van der Waals surface area contributed by atoms with Crippen molar-refractivity contribution in [3.63, 3.8) is 0 Å². The molecule has 0 unspecified atom stereocenters. The van der Waals surface area contributed by atoms with E-state index in [1.807, 2.05) is 24.3 Å². The first-order valence-electron chi connectivity index (χ1n) is 11.7. The number of aryl methyl sites for hydroxylation is 1. The molecule has 3 N–H and O–H groups in total. The summed E-state index contributed by atoms with van der Waals surface area (Å²) in [6, 6.07) is 14.3. The molecule has 172 valence electrons. The van der Waals surface area contributed by atoms with Gasteiger partial charge in [-0.3, -0.25) is 4.79 Å². The lowest BCUT2D eigenvalue weighted by atomic mass is 9.86. The standard InChI is InChI=1S/C27H31N3O3/c31-18-21-6-11-22(12-7-21)25-17-28-27(24(29-25)15-10-19-4-2-1-3-5-19)30-26(33)16-20-8-13-23(32)14-9-20/h6-9,11-14,17,19,31-32H,1-5,10,15-16,18H2,(H,28,30,33). The van der Waals surface area contributed by atoms with Gasteiger partial charge in [0.2, 0.25) is 5.91 Å². The van der Waals surface area contributed by atoms with Crippen LogP contribution in [0.1, 0.15) is 55.3 Å². The highest BCUT2D eigenvalue weighted by molar-refractivity contribution is 5.92. The Balaban J connectivity index is 1.52. The third-order valence-corrected chi connectivity index (χ3v) is 6.35. The number of benzene rings is 2. The van der Waals surface area contributed by atoms with Gasteiger partial charge in [-0.1, -0.05) is 68.5 Å². The Morgan fingerprint density at radius 3 is 2.36 bits per heavy atom. The van der Waals surface area contributed by atoms with Crippen molar-refractivity contribution in [2.45, 2.75) is 58.0 Å². The maximum atomic E-state index is 12.7. The van der Waals surface area contributed by atoms with Gasteiger partial charge in [0, 0.05) is 5.56 Å². The number of aliphatic hydroxyl groups excluding tert-OH is 1. The van der Waals surface area contributed by atoms with E-state index in [9.17, 15) is 15.0 Å². The van der Waals surface area contributed by atoms with E-state index in [2.05, 4.69) is 10.3 Å². The fraction of sp³-hybridized carbons (Fsp3) is 0.370. The summed E-state index contributed by atoms with van der Waals surface area (Å²) in [5.41, 5.74) is 4.17. The number of nitrogens with zero attached hydrogens (tertiary/aromatic N) is 2. The van der Waals surface area contributed by atoms with Crippen molar-refractivity contribution < 1.29 is 15.0 Å². The number of phenolic OH excluding ortho intramolecular Hbond substituents is 1. The topological polar surface area (TPSA) is 95.3 Å². The maximum absolute atomic E-state index is 12.7. The Morgan fingerprint density at radius 1 is 0.970 bits per heavy atom. The van der Waals surface area contributed by atoms with Crippen molar-refractivity contribution in [3.05, 3.63) is 71.5 Å². The first-order valence-corrected chi connectivity index (χ1v) is 11.7. The van der Waals surface area contributed by atoms with Crippen LogP contribution in [0.4, 0.5) is 5.82 Å². The summed E-state index contributed by atoms with van der Waals surface area (Å²) in [5.74, 6) is 1.24. The molecule has 1 aliphatic rings. The number of phenols is 1. The number of hydrogen-bond donors (Lipinski definition) is 3. The second-order valence-corrected chi connectivity index (χ2v) is 8.84. The van der Waals surface area contributed by atoms with E-state index >= 15 is 0 Å². The van der Waals surface area contributed by atoms with Gasteiger partial charge < -0.3 is 15.5 Å². The lowest BCUT2D eigenvalue weighted by Gasteiger charge is -2.21. The molecule has 4 rings (SSSR count). The highest BCUT2D eigenvalue weighted by Gasteiger charge is 2.17. The predicted molar refractivity (Wildman–Crippen MR) is 129 cm³/mol. The summed E-state index contributed by atoms with van der Waals surface area (Å²) < 4.78 is 0. The van der Waals surface area contributed by atoms with E-state index in [4.69, 9.17) is 4.98 Å². The van der Waals surface area contributed by atoms with E-state index in [-0.39, 0.29) is 24.7 Å². The normalized spacial score (nSPS) is 14.2. The van der Waals surface area contributed by atoms with Gasteiger partial charge in [-0.2, -0.15) is 0 Å². The van der Waals surface area contributed by atoms with Crippen molar-refractivity contribution in [3.8, 4) is 17.0 Å². The molecule has 0 spiro atoms. The molecule has 1 heterocycles. The van der Waals surface area contributed by atoms with Crippen LogP contribution in [0, 0.1) is 5.92 Å².